The van der Waals surface area contributed by atoms with Crippen LogP contribution < -0.4 is 10.6 Å². The fourth-order valence-corrected chi connectivity index (χ4v) is 4.01. The molecule has 1 saturated carbocycles. The van der Waals surface area contributed by atoms with E-state index in [1.54, 1.807) is 12.3 Å². The zero-order chi connectivity index (χ0) is 16.3. The topological polar surface area (TPSA) is 54.0 Å². The lowest BCUT2D eigenvalue weighted by atomic mass is 9.71. The lowest BCUT2D eigenvalue weighted by molar-refractivity contribution is 0.0975. The van der Waals surface area contributed by atoms with Crippen LogP contribution in [0.4, 0.5) is 0 Å². The number of carbonyl (C=O) groups is 1. The van der Waals surface area contributed by atoms with E-state index in [1.807, 2.05) is 0 Å². The van der Waals surface area contributed by atoms with Gasteiger partial charge in [-0.25, -0.2) is 0 Å². The van der Waals surface area contributed by atoms with Crippen molar-refractivity contribution in [3.8, 4) is 0 Å². The van der Waals surface area contributed by atoms with Crippen LogP contribution in [0.1, 0.15) is 50.4 Å². The molecule has 1 heterocycles. The van der Waals surface area contributed by atoms with Crippen molar-refractivity contribution in [3.05, 3.63) is 28.5 Å². The molecule has 0 spiro atoms. The fraction of sp³-hybridized carbons (Fsp3) is 0.562. The first kappa shape index (κ1) is 17.3. The number of rotatable bonds is 2. The molecule has 0 radical (unpaired) electrons. The molecular weight excluding hydrogens is 362 g/mol. The summed E-state index contributed by atoms with van der Waals surface area (Å²) in [4.78, 5) is 16.1. The minimum absolute atomic E-state index is 0.241. The Labute approximate surface area is 145 Å². The average Bonchev–Trinajstić information content (AvgIpc) is 2.35. The molecule has 1 amide bonds. The molecule has 1 aliphatic rings. The van der Waals surface area contributed by atoms with Crippen molar-refractivity contribution in [2.75, 3.05) is 0 Å². The standard InChI is InChI=1S/C16H22BrN3OS/c1-10-4-13(7-16(2,3)6-10)19-15(22)20-14(21)11-5-12(17)9-18-8-11/h5,8-10,13H,4,6-7H2,1-3H3,(H2,19,20,21,22). The molecule has 0 aromatic carbocycles. The van der Waals surface area contributed by atoms with Crippen molar-refractivity contribution in [2.24, 2.45) is 11.3 Å². The molecule has 0 aliphatic heterocycles. The number of hydrogen-bond donors (Lipinski definition) is 2. The number of nitrogens with zero attached hydrogens (tertiary/aromatic N) is 1. The predicted octanol–water partition coefficient (Wildman–Crippen LogP) is 3.66. The van der Waals surface area contributed by atoms with Gasteiger partial charge in [0.05, 0.1) is 5.56 Å². The van der Waals surface area contributed by atoms with Crippen molar-refractivity contribution in [3.63, 3.8) is 0 Å². The van der Waals surface area contributed by atoms with E-state index >= 15 is 0 Å². The molecular formula is C16H22BrN3OS. The summed E-state index contributed by atoms with van der Waals surface area (Å²) >= 11 is 8.59. The van der Waals surface area contributed by atoms with Crippen LogP contribution in [0.5, 0.6) is 0 Å². The normalized spacial score (nSPS) is 23.6. The average molecular weight is 384 g/mol. The molecule has 120 valence electrons. The summed E-state index contributed by atoms with van der Waals surface area (Å²) in [6.07, 6.45) is 6.53. The first-order chi connectivity index (χ1) is 10.2. The van der Waals surface area contributed by atoms with Gasteiger partial charge in [-0.3, -0.25) is 15.1 Å². The molecule has 1 aliphatic carbocycles. The Hall–Kier alpha value is -1.01. The second kappa shape index (κ2) is 7.04. The molecule has 1 aromatic heterocycles. The van der Waals surface area contributed by atoms with Gasteiger partial charge in [0, 0.05) is 22.9 Å². The van der Waals surface area contributed by atoms with Gasteiger partial charge in [-0.15, -0.1) is 0 Å². The van der Waals surface area contributed by atoms with E-state index in [1.165, 1.54) is 12.6 Å². The van der Waals surface area contributed by atoms with Gasteiger partial charge < -0.3 is 5.32 Å². The van der Waals surface area contributed by atoms with Gasteiger partial charge in [0.15, 0.2) is 5.11 Å². The lowest BCUT2D eigenvalue weighted by Gasteiger charge is -2.39. The van der Waals surface area contributed by atoms with Crippen molar-refractivity contribution < 1.29 is 4.79 Å². The van der Waals surface area contributed by atoms with Gasteiger partial charge in [-0.05, 0) is 64.8 Å². The molecule has 0 saturated heterocycles. The third kappa shape index (κ3) is 5.02. The quantitative estimate of drug-likeness (QED) is 0.765. The zero-order valence-corrected chi connectivity index (χ0v) is 15.6. The third-order valence-electron chi connectivity index (χ3n) is 3.92. The van der Waals surface area contributed by atoms with E-state index < -0.39 is 0 Å². The highest BCUT2D eigenvalue weighted by Gasteiger charge is 2.32. The van der Waals surface area contributed by atoms with Crippen LogP contribution in [-0.2, 0) is 0 Å². The first-order valence-electron chi connectivity index (χ1n) is 7.47. The highest BCUT2D eigenvalue weighted by atomic mass is 79.9. The predicted molar refractivity (Wildman–Crippen MR) is 95.7 cm³/mol. The number of carbonyl (C=O) groups excluding carboxylic acids is 1. The van der Waals surface area contributed by atoms with Crippen molar-refractivity contribution in [1.29, 1.82) is 0 Å². The summed E-state index contributed by atoms with van der Waals surface area (Å²) in [5.41, 5.74) is 0.791. The number of nitrogens with one attached hydrogen (secondary N) is 2. The third-order valence-corrected chi connectivity index (χ3v) is 4.57. The van der Waals surface area contributed by atoms with E-state index in [4.69, 9.17) is 12.2 Å². The Kier molecular flexibility index (Phi) is 5.55. The van der Waals surface area contributed by atoms with E-state index in [9.17, 15) is 4.79 Å². The summed E-state index contributed by atoms with van der Waals surface area (Å²) < 4.78 is 0.766. The van der Waals surface area contributed by atoms with Crippen LogP contribution in [-0.4, -0.2) is 22.0 Å². The Morgan fingerprint density at radius 1 is 1.41 bits per heavy atom. The molecule has 4 nitrogen and oxygen atoms in total. The summed E-state index contributed by atoms with van der Waals surface area (Å²) in [6.45, 7) is 6.84. The number of hydrogen-bond acceptors (Lipinski definition) is 3. The van der Waals surface area contributed by atoms with Gasteiger partial charge >= 0.3 is 0 Å². The van der Waals surface area contributed by atoms with Gasteiger partial charge in [0.25, 0.3) is 5.91 Å². The Morgan fingerprint density at radius 3 is 2.77 bits per heavy atom. The van der Waals surface area contributed by atoms with Crippen LogP contribution in [0, 0.1) is 11.3 Å². The van der Waals surface area contributed by atoms with E-state index in [2.05, 4.69) is 52.3 Å². The molecule has 1 fully saturated rings. The van der Waals surface area contributed by atoms with Crippen LogP contribution in [0.15, 0.2) is 22.9 Å². The molecule has 1 aromatic rings. The fourth-order valence-electron chi connectivity index (χ4n) is 3.39. The minimum Gasteiger partial charge on any atom is -0.360 e. The summed E-state index contributed by atoms with van der Waals surface area (Å²) in [5.74, 6) is 0.420. The van der Waals surface area contributed by atoms with E-state index in [0.717, 1.165) is 17.3 Å². The Bertz CT molecular complexity index is 576. The maximum atomic E-state index is 12.1. The molecule has 2 atom stereocenters. The highest BCUT2D eigenvalue weighted by Crippen LogP contribution is 2.38. The molecule has 2 unspecified atom stereocenters. The monoisotopic (exact) mass is 383 g/mol. The summed E-state index contributed by atoms with van der Waals surface area (Å²) in [5, 5.41) is 6.41. The SMILES string of the molecule is CC1CC(NC(=S)NC(=O)c2cncc(Br)c2)CC(C)(C)C1. The van der Waals surface area contributed by atoms with Crippen molar-refractivity contribution in [1.82, 2.24) is 15.6 Å². The number of amides is 1. The van der Waals surface area contributed by atoms with Crippen LogP contribution in [0.3, 0.4) is 0 Å². The van der Waals surface area contributed by atoms with E-state index in [-0.39, 0.29) is 5.91 Å². The van der Waals surface area contributed by atoms with Gasteiger partial charge in [0.2, 0.25) is 0 Å². The first-order valence-corrected chi connectivity index (χ1v) is 8.68. The zero-order valence-electron chi connectivity index (χ0n) is 13.1. The molecule has 22 heavy (non-hydrogen) atoms. The summed E-state index contributed by atoms with van der Waals surface area (Å²) in [7, 11) is 0. The summed E-state index contributed by atoms with van der Waals surface area (Å²) in [6, 6.07) is 2.03. The number of aromatic nitrogens is 1. The smallest absolute Gasteiger partial charge is 0.259 e. The molecule has 2 N–H and O–H groups in total. The second-order valence-corrected chi connectivity index (χ2v) is 8.25. The van der Waals surface area contributed by atoms with Crippen LogP contribution in [0.25, 0.3) is 0 Å². The Balaban J connectivity index is 1.91. The molecule has 0 bridgehead atoms. The Morgan fingerprint density at radius 2 is 2.14 bits per heavy atom. The largest absolute Gasteiger partial charge is 0.360 e. The molecule has 6 heteroatoms. The van der Waals surface area contributed by atoms with Crippen LogP contribution >= 0.6 is 28.1 Å². The van der Waals surface area contributed by atoms with Gasteiger partial charge in [0.1, 0.15) is 0 Å². The van der Waals surface area contributed by atoms with Crippen molar-refractivity contribution in [2.45, 2.75) is 46.1 Å². The van der Waals surface area contributed by atoms with Crippen molar-refractivity contribution >= 4 is 39.2 Å². The van der Waals surface area contributed by atoms with E-state index in [0.29, 0.717) is 28.1 Å². The lowest BCUT2D eigenvalue weighted by Crippen LogP contribution is -2.48. The number of thiocarbonyl (C=S) groups is 1. The maximum absolute atomic E-state index is 12.1. The highest BCUT2D eigenvalue weighted by molar-refractivity contribution is 9.10. The maximum Gasteiger partial charge on any atom is 0.259 e. The number of halogens is 1. The van der Waals surface area contributed by atoms with Gasteiger partial charge in [-0.1, -0.05) is 20.8 Å². The van der Waals surface area contributed by atoms with Gasteiger partial charge in [-0.2, -0.15) is 0 Å². The number of pyridine rings is 1. The van der Waals surface area contributed by atoms with Crippen LogP contribution in [0.2, 0.25) is 0 Å². The minimum atomic E-state index is -0.241. The molecule has 2 rings (SSSR count). The second-order valence-electron chi connectivity index (χ2n) is 6.93.